The van der Waals surface area contributed by atoms with Gasteiger partial charge in [0.15, 0.2) is 0 Å². The number of amides is 1. The number of rotatable bonds is 12. The molecule has 4 rings (SSSR count). The van der Waals surface area contributed by atoms with E-state index in [1.54, 1.807) is 7.11 Å². The lowest BCUT2D eigenvalue weighted by atomic mass is 9.82. The van der Waals surface area contributed by atoms with E-state index in [4.69, 9.17) is 14.2 Å². The molecule has 3 aliphatic heterocycles. The number of anilines is 1. The Balaban J connectivity index is 1.19. The van der Waals surface area contributed by atoms with Gasteiger partial charge in [-0.1, -0.05) is 19.9 Å². The zero-order chi connectivity index (χ0) is 26.1. The van der Waals surface area contributed by atoms with Crippen molar-refractivity contribution >= 4 is 11.6 Å². The van der Waals surface area contributed by atoms with E-state index in [2.05, 4.69) is 52.9 Å². The van der Waals surface area contributed by atoms with Crippen LogP contribution in [0.1, 0.15) is 57.9 Å². The number of carbonyl (C=O) groups is 1. The van der Waals surface area contributed by atoms with Crippen LogP contribution in [0.2, 0.25) is 0 Å². The highest BCUT2D eigenvalue weighted by molar-refractivity contribution is 5.81. The summed E-state index contributed by atoms with van der Waals surface area (Å²) >= 11 is 0. The Kier molecular flexibility index (Phi) is 10.5. The largest absolute Gasteiger partial charge is 0.490 e. The van der Waals surface area contributed by atoms with Crippen molar-refractivity contribution in [2.45, 2.75) is 71.1 Å². The van der Waals surface area contributed by atoms with Crippen LogP contribution in [0.5, 0.6) is 5.75 Å². The molecule has 2 saturated heterocycles. The van der Waals surface area contributed by atoms with Crippen LogP contribution in [-0.4, -0.2) is 77.6 Å². The number of ether oxygens (including phenoxy) is 3. The molecule has 37 heavy (non-hydrogen) atoms. The second kappa shape index (κ2) is 13.8. The first-order chi connectivity index (χ1) is 17.9. The summed E-state index contributed by atoms with van der Waals surface area (Å²) in [6.07, 6.45) is 6.48. The van der Waals surface area contributed by atoms with Crippen LogP contribution in [0.3, 0.4) is 0 Å². The zero-order valence-corrected chi connectivity index (χ0v) is 23.2. The van der Waals surface area contributed by atoms with Crippen LogP contribution in [0.25, 0.3) is 0 Å². The zero-order valence-electron chi connectivity index (χ0n) is 23.2. The predicted molar refractivity (Wildman–Crippen MR) is 147 cm³/mol. The van der Waals surface area contributed by atoms with Gasteiger partial charge in [0, 0.05) is 44.8 Å². The number of hydrogen-bond acceptors (Lipinski definition) is 7. The van der Waals surface area contributed by atoms with Crippen molar-refractivity contribution in [3.8, 4) is 5.75 Å². The van der Waals surface area contributed by atoms with Gasteiger partial charge < -0.3 is 35.1 Å². The highest BCUT2D eigenvalue weighted by atomic mass is 16.5. The highest BCUT2D eigenvalue weighted by Gasteiger charge is 2.33. The topological polar surface area (TPSA) is 84.1 Å². The number of nitrogens with zero attached hydrogens (tertiary/aromatic N) is 1. The smallest absolute Gasteiger partial charge is 0.225 e. The van der Waals surface area contributed by atoms with Crippen LogP contribution in [0, 0.1) is 11.3 Å². The summed E-state index contributed by atoms with van der Waals surface area (Å²) in [5.74, 6) is 1.68. The fourth-order valence-electron chi connectivity index (χ4n) is 5.74. The minimum Gasteiger partial charge on any atom is -0.490 e. The molecule has 3 atom stereocenters. The molecule has 208 valence electrons. The van der Waals surface area contributed by atoms with Crippen LogP contribution in [0.4, 0.5) is 5.69 Å². The molecule has 0 spiro atoms. The standard InChI is InChI=1S/C29H48N4O4/c1-29(2,28(34)32-19-23-6-4-11-30-18-23)17-24-8-9-25(20-31-24)37-21-22-7-10-27-26(16-22)33(13-15-36-27)12-5-14-35-3/h7,10,16,23-25,30-31H,4-6,8-9,11-15,17-21H2,1-3H3,(H,32,34)/t23-,24+,25-/m1/s1. The molecule has 3 aliphatic rings. The second-order valence-corrected chi connectivity index (χ2v) is 11.6. The van der Waals surface area contributed by atoms with Gasteiger partial charge in [0.25, 0.3) is 0 Å². The number of carbonyl (C=O) groups excluding carboxylic acids is 1. The van der Waals surface area contributed by atoms with Gasteiger partial charge >= 0.3 is 0 Å². The Bertz CT molecular complexity index is 850. The number of methoxy groups -OCH3 is 1. The quantitative estimate of drug-likeness (QED) is 0.368. The SMILES string of the molecule is COCCCN1CCOc2ccc(CO[C@@H]3CC[C@@H](CC(C)(C)C(=O)NC[C@@H]4CCCNC4)NC3)cc21. The molecular formula is C29H48N4O4. The van der Waals surface area contributed by atoms with Crippen molar-refractivity contribution in [1.82, 2.24) is 16.0 Å². The summed E-state index contributed by atoms with van der Waals surface area (Å²) in [6.45, 7) is 11.8. The molecule has 0 aliphatic carbocycles. The first-order valence-electron chi connectivity index (χ1n) is 14.3. The van der Waals surface area contributed by atoms with Gasteiger partial charge in [-0.15, -0.1) is 0 Å². The maximum absolute atomic E-state index is 12.9. The fraction of sp³-hybridized carbons (Fsp3) is 0.759. The first-order valence-corrected chi connectivity index (χ1v) is 14.3. The molecule has 2 fully saturated rings. The van der Waals surface area contributed by atoms with Gasteiger partial charge in [-0.05, 0) is 75.2 Å². The average molecular weight is 517 g/mol. The Labute approximate surface area is 223 Å². The molecule has 8 heteroatoms. The van der Waals surface area contributed by atoms with Crippen LogP contribution >= 0.6 is 0 Å². The van der Waals surface area contributed by atoms with Crippen LogP contribution < -0.4 is 25.6 Å². The third-order valence-electron chi connectivity index (χ3n) is 8.04. The molecule has 0 radical (unpaired) electrons. The van der Waals surface area contributed by atoms with Gasteiger partial charge in [-0.2, -0.15) is 0 Å². The number of benzene rings is 1. The highest BCUT2D eigenvalue weighted by Crippen LogP contribution is 2.33. The molecule has 3 heterocycles. The molecule has 1 aromatic rings. The predicted octanol–water partition coefficient (Wildman–Crippen LogP) is 3.09. The monoisotopic (exact) mass is 516 g/mol. The normalized spacial score (nSPS) is 24.3. The summed E-state index contributed by atoms with van der Waals surface area (Å²) in [5.41, 5.74) is 1.95. The molecule has 8 nitrogen and oxygen atoms in total. The molecule has 3 N–H and O–H groups in total. The van der Waals surface area contributed by atoms with E-state index in [0.717, 1.165) is 89.6 Å². The van der Waals surface area contributed by atoms with Crippen molar-refractivity contribution in [2.75, 3.05) is 64.5 Å². The van der Waals surface area contributed by atoms with E-state index in [1.807, 2.05) is 0 Å². The lowest BCUT2D eigenvalue weighted by Crippen LogP contribution is -2.48. The van der Waals surface area contributed by atoms with Gasteiger partial charge in [-0.3, -0.25) is 4.79 Å². The van der Waals surface area contributed by atoms with Crippen LogP contribution in [0.15, 0.2) is 18.2 Å². The van der Waals surface area contributed by atoms with Gasteiger partial charge in [0.1, 0.15) is 12.4 Å². The first kappa shape index (κ1) is 28.1. The second-order valence-electron chi connectivity index (χ2n) is 11.6. The lowest BCUT2D eigenvalue weighted by Gasteiger charge is -2.35. The van der Waals surface area contributed by atoms with Gasteiger partial charge in [0.2, 0.25) is 5.91 Å². The maximum Gasteiger partial charge on any atom is 0.225 e. The van der Waals surface area contributed by atoms with E-state index in [1.165, 1.54) is 18.4 Å². The number of nitrogens with one attached hydrogen (secondary N) is 3. The van der Waals surface area contributed by atoms with E-state index < -0.39 is 0 Å². The minimum atomic E-state index is -0.381. The van der Waals surface area contributed by atoms with E-state index in [9.17, 15) is 4.79 Å². The van der Waals surface area contributed by atoms with Crippen molar-refractivity contribution < 1.29 is 19.0 Å². The van der Waals surface area contributed by atoms with Crippen molar-refractivity contribution in [1.29, 1.82) is 0 Å². The number of fused-ring (bicyclic) bond motifs is 1. The Morgan fingerprint density at radius 2 is 2.14 bits per heavy atom. The van der Waals surface area contributed by atoms with Crippen molar-refractivity contribution in [2.24, 2.45) is 11.3 Å². The molecule has 0 unspecified atom stereocenters. The summed E-state index contributed by atoms with van der Waals surface area (Å²) < 4.78 is 17.4. The summed E-state index contributed by atoms with van der Waals surface area (Å²) in [5, 5.41) is 10.3. The van der Waals surface area contributed by atoms with E-state index in [0.29, 0.717) is 18.6 Å². The van der Waals surface area contributed by atoms with E-state index >= 15 is 0 Å². The third-order valence-corrected chi connectivity index (χ3v) is 8.04. The Hall–Kier alpha value is -1.87. The number of hydrogen-bond donors (Lipinski definition) is 3. The fourth-order valence-corrected chi connectivity index (χ4v) is 5.74. The van der Waals surface area contributed by atoms with Gasteiger partial charge in [-0.25, -0.2) is 0 Å². The summed E-state index contributed by atoms with van der Waals surface area (Å²) in [7, 11) is 1.75. The van der Waals surface area contributed by atoms with Crippen LogP contribution in [-0.2, 0) is 20.9 Å². The molecule has 1 aromatic carbocycles. The molecule has 0 bridgehead atoms. The Morgan fingerprint density at radius 3 is 2.89 bits per heavy atom. The maximum atomic E-state index is 12.9. The summed E-state index contributed by atoms with van der Waals surface area (Å²) in [6, 6.07) is 6.74. The number of piperidine rings is 2. The minimum absolute atomic E-state index is 0.172. The molecule has 0 saturated carbocycles. The van der Waals surface area contributed by atoms with Gasteiger partial charge in [0.05, 0.1) is 24.9 Å². The van der Waals surface area contributed by atoms with Crippen molar-refractivity contribution in [3.05, 3.63) is 23.8 Å². The third kappa shape index (κ3) is 8.31. The Morgan fingerprint density at radius 1 is 1.24 bits per heavy atom. The lowest BCUT2D eigenvalue weighted by molar-refractivity contribution is -0.130. The average Bonchev–Trinajstić information content (AvgIpc) is 2.92. The van der Waals surface area contributed by atoms with E-state index in [-0.39, 0.29) is 17.4 Å². The summed E-state index contributed by atoms with van der Waals surface area (Å²) in [4.78, 5) is 15.3. The van der Waals surface area contributed by atoms with Crippen molar-refractivity contribution in [3.63, 3.8) is 0 Å². The molecular weight excluding hydrogens is 468 g/mol. The molecule has 1 amide bonds. The molecule has 0 aromatic heterocycles.